The number of hydrogen-bond donors (Lipinski definition) is 2. The highest BCUT2D eigenvalue weighted by Crippen LogP contribution is 2.19. The van der Waals surface area contributed by atoms with Gasteiger partial charge in [-0.25, -0.2) is 0 Å². The molecule has 1 aromatic carbocycles. The molecular weight excluding hydrogens is 318 g/mol. The van der Waals surface area contributed by atoms with Crippen LogP contribution < -0.4 is 5.32 Å². The van der Waals surface area contributed by atoms with E-state index in [-0.39, 0.29) is 11.6 Å². The minimum absolute atomic E-state index is 0.279. The quantitative estimate of drug-likeness (QED) is 0.755. The molecule has 0 aliphatic carbocycles. The van der Waals surface area contributed by atoms with Crippen LogP contribution in [0.5, 0.6) is 0 Å². The lowest BCUT2D eigenvalue weighted by atomic mass is 10.1. The molecule has 3 heterocycles. The van der Waals surface area contributed by atoms with Crippen molar-refractivity contribution in [2.45, 2.75) is 38.8 Å². The maximum absolute atomic E-state index is 12.5. The zero-order valence-corrected chi connectivity index (χ0v) is 13.8. The lowest BCUT2D eigenvalue weighted by Crippen LogP contribution is -2.26. The number of amides is 1. The van der Waals surface area contributed by atoms with E-state index in [1.807, 2.05) is 30.3 Å². The van der Waals surface area contributed by atoms with E-state index in [1.54, 1.807) is 0 Å². The second kappa shape index (κ2) is 6.84. The normalized spacial score (nSPS) is 13.9. The van der Waals surface area contributed by atoms with E-state index in [4.69, 9.17) is 0 Å². The number of carbonyl (C=O) groups excluding carboxylic acids is 1. The first-order chi connectivity index (χ1) is 12.3. The highest BCUT2D eigenvalue weighted by molar-refractivity contribution is 5.97. The van der Waals surface area contributed by atoms with Gasteiger partial charge in [-0.15, -0.1) is 10.2 Å². The molecule has 1 aliphatic rings. The van der Waals surface area contributed by atoms with Crippen LogP contribution in [0.15, 0.2) is 30.3 Å². The Morgan fingerprint density at radius 1 is 1.12 bits per heavy atom. The van der Waals surface area contributed by atoms with Crippen LogP contribution in [-0.2, 0) is 19.5 Å². The van der Waals surface area contributed by atoms with E-state index in [9.17, 15) is 4.79 Å². The molecule has 8 heteroatoms. The third-order valence-corrected chi connectivity index (χ3v) is 4.40. The molecule has 0 fully saturated rings. The maximum Gasteiger partial charge on any atom is 0.274 e. The van der Waals surface area contributed by atoms with E-state index in [0.717, 1.165) is 43.0 Å². The summed E-state index contributed by atoms with van der Waals surface area (Å²) in [5, 5.41) is 22.0. The molecule has 8 nitrogen and oxygen atoms in total. The molecular formula is C17H19N7O. The fourth-order valence-electron chi connectivity index (χ4n) is 3.11. The number of nitrogens with one attached hydrogen (secondary N) is 2. The number of carbonyl (C=O) groups is 1. The number of H-pyrrole nitrogens is 1. The Hall–Kier alpha value is -3.03. The van der Waals surface area contributed by atoms with Crippen molar-refractivity contribution in [2.24, 2.45) is 0 Å². The monoisotopic (exact) mass is 337 g/mol. The van der Waals surface area contributed by atoms with E-state index >= 15 is 0 Å². The number of fused-ring (bicyclic) bond motifs is 1. The highest BCUT2D eigenvalue weighted by Gasteiger charge is 2.19. The standard InChI is InChI=1S/C17H19N7O/c25-17(16-15(21-23-22-16)12-7-3-1-4-8-12)18-11-14-20-19-13-9-5-2-6-10-24(13)14/h1,3-4,7-8H,2,5-6,9-11H2,(H,18,25)(H,21,22,23). The van der Waals surface area contributed by atoms with Gasteiger partial charge in [0.25, 0.3) is 5.91 Å². The summed E-state index contributed by atoms with van der Waals surface area (Å²) in [5.41, 5.74) is 1.66. The van der Waals surface area contributed by atoms with E-state index < -0.39 is 0 Å². The fraction of sp³-hybridized carbons (Fsp3) is 0.353. The van der Waals surface area contributed by atoms with Crippen molar-refractivity contribution in [3.63, 3.8) is 0 Å². The lowest BCUT2D eigenvalue weighted by molar-refractivity contribution is 0.0945. The van der Waals surface area contributed by atoms with Gasteiger partial charge in [-0.1, -0.05) is 36.8 Å². The smallest absolute Gasteiger partial charge is 0.274 e. The molecule has 0 saturated carbocycles. The van der Waals surface area contributed by atoms with Gasteiger partial charge < -0.3 is 9.88 Å². The van der Waals surface area contributed by atoms with Gasteiger partial charge in [0.1, 0.15) is 11.5 Å². The summed E-state index contributed by atoms with van der Waals surface area (Å²) in [6, 6.07) is 9.51. The van der Waals surface area contributed by atoms with E-state index in [0.29, 0.717) is 12.2 Å². The summed E-state index contributed by atoms with van der Waals surface area (Å²) in [4.78, 5) is 12.5. The van der Waals surface area contributed by atoms with Crippen LogP contribution >= 0.6 is 0 Å². The zero-order chi connectivity index (χ0) is 17.1. The van der Waals surface area contributed by atoms with Crippen molar-refractivity contribution in [1.82, 2.24) is 35.5 Å². The molecule has 0 radical (unpaired) electrons. The molecule has 1 amide bonds. The average molecular weight is 337 g/mol. The first kappa shape index (κ1) is 15.5. The van der Waals surface area contributed by atoms with Crippen molar-refractivity contribution in [2.75, 3.05) is 0 Å². The molecule has 2 N–H and O–H groups in total. The predicted molar refractivity (Wildman–Crippen MR) is 90.6 cm³/mol. The second-order valence-electron chi connectivity index (χ2n) is 6.06. The summed E-state index contributed by atoms with van der Waals surface area (Å²) in [5.74, 6) is 1.52. The van der Waals surface area contributed by atoms with Crippen LogP contribution in [0.3, 0.4) is 0 Å². The van der Waals surface area contributed by atoms with Gasteiger partial charge in [0.05, 0.1) is 6.54 Å². The molecule has 0 saturated heterocycles. The molecule has 1 aliphatic heterocycles. The summed E-state index contributed by atoms with van der Waals surface area (Å²) in [6.45, 7) is 1.24. The Labute approximate surface area is 144 Å². The van der Waals surface area contributed by atoms with Gasteiger partial charge in [-0.2, -0.15) is 15.4 Å². The molecule has 0 atom stereocenters. The van der Waals surface area contributed by atoms with Crippen molar-refractivity contribution in [3.05, 3.63) is 47.7 Å². The minimum Gasteiger partial charge on any atom is -0.343 e. The highest BCUT2D eigenvalue weighted by atomic mass is 16.2. The topological polar surface area (TPSA) is 101 Å². The SMILES string of the molecule is O=C(NCc1nnc2n1CCCCC2)c1n[nH]nc1-c1ccccc1. The molecule has 0 bridgehead atoms. The van der Waals surface area contributed by atoms with Gasteiger partial charge in [-0.3, -0.25) is 4.79 Å². The predicted octanol–water partition coefficient (Wildman–Crippen LogP) is 1.72. The summed E-state index contributed by atoms with van der Waals surface area (Å²) >= 11 is 0. The Bertz CT molecular complexity index is 868. The molecule has 128 valence electrons. The van der Waals surface area contributed by atoms with Gasteiger partial charge >= 0.3 is 0 Å². The Morgan fingerprint density at radius 2 is 2.00 bits per heavy atom. The van der Waals surface area contributed by atoms with Gasteiger partial charge in [0, 0.05) is 18.5 Å². The maximum atomic E-state index is 12.5. The van der Waals surface area contributed by atoms with Crippen LogP contribution in [0.1, 0.15) is 41.4 Å². The number of aromatic amines is 1. The molecule has 0 unspecified atom stereocenters. The van der Waals surface area contributed by atoms with Crippen LogP contribution in [0.25, 0.3) is 11.3 Å². The average Bonchev–Trinajstić information content (AvgIpc) is 3.22. The summed E-state index contributed by atoms with van der Waals surface area (Å²) < 4.78 is 2.12. The number of nitrogens with zero attached hydrogens (tertiary/aromatic N) is 5. The Kier molecular flexibility index (Phi) is 4.24. The Morgan fingerprint density at radius 3 is 2.88 bits per heavy atom. The van der Waals surface area contributed by atoms with Crippen molar-refractivity contribution in [3.8, 4) is 11.3 Å². The molecule has 3 aromatic rings. The van der Waals surface area contributed by atoms with Gasteiger partial charge in [-0.05, 0) is 12.8 Å². The molecule has 2 aromatic heterocycles. The first-order valence-corrected chi connectivity index (χ1v) is 8.48. The third kappa shape index (κ3) is 3.15. The number of hydrogen-bond acceptors (Lipinski definition) is 5. The molecule has 4 rings (SSSR count). The largest absolute Gasteiger partial charge is 0.343 e. The van der Waals surface area contributed by atoms with Crippen LogP contribution in [-0.4, -0.2) is 36.1 Å². The third-order valence-electron chi connectivity index (χ3n) is 4.40. The van der Waals surface area contributed by atoms with E-state index in [1.165, 1.54) is 6.42 Å². The van der Waals surface area contributed by atoms with Crippen LogP contribution in [0.4, 0.5) is 0 Å². The fourth-order valence-corrected chi connectivity index (χ4v) is 3.11. The summed E-state index contributed by atoms with van der Waals surface area (Å²) in [6.07, 6.45) is 4.41. The Balaban J connectivity index is 1.49. The van der Waals surface area contributed by atoms with Crippen LogP contribution in [0, 0.1) is 0 Å². The second-order valence-corrected chi connectivity index (χ2v) is 6.06. The molecule has 0 spiro atoms. The molecule has 25 heavy (non-hydrogen) atoms. The first-order valence-electron chi connectivity index (χ1n) is 8.48. The lowest BCUT2D eigenvalue weighted by Gasteiger charge is -2.08. The number of aryl methyl sites for hydroxylation is 1. The zero-order valence-electron chi connectivity index (χ0n) is 13.8. The number of rotatable bonds is 4. The number of aromatic nitrogens is 6. The summed E-state index contributed by atoms with van der Waals surface area (Å²) in [7, 11) is 0. The van der Waals surface area contributed by atoms with E-state index in [2.05, 4.69) is 35.5 Å². The number of benzene rings is 1. The van der Waals surface area contributed by atoms with Crippen molar-refractivity contribution >= 4 is 5.91 Å². The van der Waals surface area contributed by atoms with Crippen molar-refractivity contribution < 1.29 is 4.79 Å². The van der Waals surface area contributed by atoms with Gasteiger partial charge in [0.2, 0.25) is 0 Å². The van der Waals surface area contributed by atoms with Crippen molar-refractivity contribution in [1.29, 1.82) is 0 Å². The van der Waals surface area contributed by atoms with Gasteiger partial charge in [0.15, 0.2) is 11.5 Å². The van der Waals surface area contributed by atoms with Crippen LogP contribution in [0.2, 0.25) is 0 Å². The minimum atomic E-state index is -0.279.